The van der Waals surface area contributed by atoms with Gasteiger partial charge in [-0.05, 0) is 94.5 Å². The fourth-order valence-corrected chi connectivity index (χ4v) is 8.72. The Labute approximate surface area is 173 Å². The number of amides is 1. The number of aliphatic hydroxyl groups excluding tert-OH is 1. The van der Waals surface area contributed by atoms with Crippen LogP contribution in [0.1, 0.15) is 64.7 Å². The molecule has 0 spiro atoms. The Morgan fingerprint density at radius 3 is 2.41 bits per heavy atom. The lowest BCUT2D eigenvalue weighted by Crippen LogP contribution is -2.54. The SMILES string of the molecule is C[C@@H](O)CN1CCC(CN(C)C(=O)CC23C[C@H]4C[C@@H](CC(Br)(C4)C2)C3)CC1. The molecule has 1 heterocycles. The van der Waals surface area contributed by atoms with E-state index in [2.05, 4.69) is 20.8 Å². The third kappa shape index (κ3) is 4.56. The molecule has 0 unspecified atom stereocenters. The zero-order valence-electron chi connectivity index (χ0n) is 17.1. The Morgan fingerprint density at radius 2 is 1.85 bits per heavy atom. The van der Waals surface area contributed by atoms with Crippen molar-refractivity contribution >= 4 is 21.8 Å². The van der Waals surface area contributed by atoms with Gasteiger partial charge in [0.15, 0.2) is 0 Å². The van der Waals surface area contributed by atoms with Gasteiger partial charge in [0.05, 0.1) is 6.10 Å². The second kappa shape index (κ2) is 7.60. The average molecular weight is 441 g/mol. The van der Waals surface area contributed by atoms with Crippen molar-refractivity contribution in [2.75, 3.05) is 33.2 Å². The van der Waals surface area contributed by atoms with Crippen LogP contribution in [0, 0.1) is 23.2 Å². The number of halogens is 1. The largest absolute Gasteiger partial charge is 0.392 e. The second-order valence-electron chi connectivity index (χ2n) is 10.7. The number of alkyl halides is 1. The molecule has 1 saturated heterocycles. The first-order valence-corrected chi connectivity index (χ1v) is 11.9. The molecule has 5 heteroatoms. The van der Waals surface area contributed by atoms with E-state index in [1.165, 1.54) is 38.5 Å². The fourth-order valence-electron chi connectivity index (χ4n) is 7.21. The van der Waals surface area contributed by atoms with Gasteiger partial charge in [0.25, 0.3) is 0 Å². The summed E-state index contributed by atoms with van der Waals surface area (Å²) in [5.74, 6) is 2.69. The number of carbonyl (C=O) groups is 1. The van der Waals surface area contributed by atoms with Crippen LogP contribution in [0.4, 0.5) is 0 Å². The predicted octanol–water partition coefficient (Wildman–Crippen LogP) is 3.66. The number of hydrogen-bond donors (Lipinski definition) is 1. The van der Waals surface area contributed by atoms with Gasteiger partial charge in [-0.15, -0.1) is 0 Å². The zero-order valence-corrected chi connectivity index (χ0v) is 18.7. The zero-order chi connectivity index (χ0) is 19.2. The van der Waals surface area contributed by atoms with Gasteiger partial charge in [0.2, 0.25) is 5.91 Å². The van der Waals surface area contributed by atoms with E-state index in [1.54, 1.807) is 0 Å². The maximum Gasteiger partial charge on any atom is 0.222 e. The molecule has 1 N–H and O–H groups in total. The molecule has 4 aliphatic carbocycles. The smallest absolute Gasteiger partial charge is 0.222 e. The summed E-state index contributed by atoms with van der Waals surface area (Å²) in [6.45, 7) is 5.65. The normalized spacial score (nSPS) is 40.3. The molecule has 4 saturated carbocycles. The molecule has 154 valence electrons. The van der Waals surface area contributed by atoms with Crippen LogP contribution >= 0.6 is 15.9 Å². The van der Waals surface area contributed by atoms with Crippen LogP contribution < -0.4 is 0 Å². The molecule has 0 radical (unpaired) electrons. The molecule has 0 aromatic heterocycles. The number of hydrogen-bond acceptors (Lipinski definition) is 3. The molecule has 5 fully saturated rings. The molecule has 4 nitrogen and oxygen atoms in total. The lowest BCUT2D eigenvalue weighted by Gasteiger charge is -2.60. The van der Waals surface area contributed by atoms with Crippen molar-refractivity contribution in [1.82, 2.24) is 9.80 Å². The Bertz CT molecular complexity index is 545. The maximum atomic E-state index is 13.1. The van der Waals surface area contributed by atoms with E-state index in [9.17, 15) is 9.90 Å². The Morgan fingerprint density at radius 1 is 1.22 bits per heavy atom. The minimum absolute atomic E-state index is 0.246. The number of nitrogens with zero attached hydrogens (tertiary/aromatic N) is 2. The fraction of sp³-hybridized carbons (Fsp3) is 0.955. The Kier molecular flexibility index (Phi) is 5.68. The van der Waals surface area contributed by atoms with Gasteiger partial charge in [-0.25, -0.2) is 0 Å². The van der Waals surface area contributed by atoms with Crippen molar-refractivity contribution in [1.29, 1.82) is 0 Å². The second-order valence-corrected chi connectivity index (χ2v) is 12.3. The highest BCUT2D eigenvalue weighted by molar-refractivity contribution is 9.10. The van der Waals surface area contributed by atoms with Gasteiger partial charge in [-0.3, -0.25) is 4.79 Å². The molecule has 5 rings (SSSR count). The summed E-state index contributed by atoms with van der Waals surface area (Å²) >= 11 is 4.07. The molecule has 0 aromatic carbocycles. The van der Waals surface area contributed by atoms with E-state index in [-0.39, 0.29) is 11.5 Å². The highest BCUT2D eigenvalue weighted by Gasteiger charge is 2.57. The highest BCUT2D eigenvalue weighted by Crippen LogP contribution is 2.65. The number of likely N-dealkylation sites (tertiary alicyclic amines) is 1. The van der Waals surface area contributed by atoms with Crippen LogP contribution in [0.2, 0.25) is 0 Å². The van der Waals surface area contributed by atoms with Gasteiger partial charge in [0, 0.05) is 30.9 Å². The van der Waals surface area contributed by atoms with Gasteiger partial charge in [-0.2, -0.15) is 0 Å². The van der Waals surface area contributed by atoms with Crippen LogP contribution in [0.5, 0.6) is 0 Å². The summed E-state index contributed by atoms with van der Waals surface area (Å²) in [6, 6.07) is 0. The van der Waals surface area contributed by atoms with Crippen molar-refractivity contribution < 1.29 is 9.90 Å². The first-order chi connectivity index (χ1) is 12.7. The van der Waals surface area contributed by atoms with E-state index in [1.807, 2.05) is 18.9 Å². The van der Waals surface area contributed by atoms with Crippen LogP contribution in [0.3, 0.4) is 0 Å². The third-order valence-corrected chi connectivity index (χ3v) is 8.75. The van der Waals surface area contributed by atoms with Gasteiger partial charge >= 0.3 is 0 Å². The molecule has 3 atom stereocenters. The van der Waals surface area contributed by atoms with Crippen LogP contribution in [-0.4, -0.2) is 64.5 Å². The van der Waals surface area contributed by atoms with E-state index in [0.717, 1.165) is 57.3 Å². The third-order valence-electron chi connectivity index (χ3n) is 7.82. The van der Waals surface area contributed by atoms with Crippen molar-refractivity contribution in [3.8, 4) is 0 Å². The standard InChI is InChI=1S/C22H37BrN2O2/c1-16(26)13-25-5-3-17(4-6-25)14-24(2)20(27)12-21-8-18-7-19(9-21)11-22(23,10-18)15-21/h16-19,26H,3-15H2,1-2H3/t16-,18-,19-,21?,22?/m1/s1. The highest BCUT2D eigenvalue weighted by atomic mass is 79.9. The number of rotatable bonds is 6. The van der Waals surface area contributed by atoms with Crippen LogP contribution in [0.25, 0.3) is 0 Å². The minimum Gasteiger partial charge on any atom is -0.392 e. The van der Waals surface area contributed by atoms with Gasteiger partial charge < -0.3 is 14.9 Å². The van der Waals surface area contributed by atoms with E-state index in [0.29, 0.717) is 16.1 Å². The van der Waals surface area contributed by atoms with Gasteiger partial charge in [0.1, 0.15) is 0 Å². The maximum absolute atomic E-state index is 13.1. The summed E-state index contributed by atoms with van der Waals surface area (Å²) < 4.78 is 0.340. The minimum atomic E-state index is -0.246. The first-order valence-electron chi connectivity index (χ1n) is 11.1. The molecule has 5 aliphatic rings. The summed E-state index contributed by atoms with van der Waals surface area (Å²) in [5, 5.41) is 9.56. The number of carbonyl (C=O) groups excluding carboxylic acids is 1. The Hall–Kier alpha value is -0.130. The molecule has 4 bridgehead atoms. The summed E-state index contributed by atoms with van der Waals surface area (Å²) in [6.07, 6.45) is 10.7. The number of β-amino-alcohol motifs (C(OH)–C–C–N with tert-alkyl or cyclic N) is 1. The first kappa shape index (κ1) is 20.2. The molecule has 1 aliphatic heterocycles. The van der Waals surface area contributed by atoms with E-state index >= 15 is 0 Å². The summed E-state index contributed by atoms with van der Waals surface area (Å²) in [4.78, 5) is 17.5. The quantitative estimate of drug-likeness (QED) is 0.640. The van der Waals surface area contributed by atoms with Crippen molar-refractivity contribution in [2.45, 2.75) is 75.1 Å². The van der Waals surface area contributed by atoms with Crippen LogP contribution in [0.15, 0.2) is 0 Å². The molecule has 0 aromatic rings. The summed E-state index contributed by atoms with van der Waals surface area (Å²) in [7, 11) is 2.02. The van der Waals surface area contributed by atoms with Crippen molar-refractivity contribution in [3.63, 3.8) is 0 Å². The van der Waals surface area contributed by atoms with Crippen LogP contribution in [-0.2, 0) is 4.79 Å². The molecule has 27 heavy (non-hydrogen) atoms. The lowest BCUT2D eigenvalue weighted by molar-refractivity contribution is -0.137. The van der Waals surface area contributed by atoms with Crippen molar-refractivity contribution in [2.24, 2.45) is 23.2 Å². The summed E-state index contributed by atoms with van der Waals surface area (Å²) in [5.41, 5.74) is 0.277. The number of piperidine rings is 1. The van der Waals surface area contributed by atoms with E-state index < -0.39 is 0 Å². The molecular formula is C22H37BrN2O2. The lowest BCUT2D eigenvalue weighted by atomic mass is 9.48. The Balaban J connectivity index is 1.28. The molecule has 1 amide bonds. The predicted molar refractivity (Wildman–Crippen MR) is 112 cm³/mol. The van der Waals surface area contributed by atoms with Crippen molar-refractivity contribution in [3.05, 3.63) is 0 Å². The monoisotopic (exact) mass is 440 g/mol. The number of aliphatic hydroxyl groups is 1. The topological polar surface area (TPSA) is 43.8 Å². The van der Waals surface area contributed by atoms with Gasteiger partial charge in [-0.1, -0.05) is 15.9 Å². The molecular weight excluding hydrogens is 404 g/mol. The van der Waals surface area contributed by atoms with E-state index in [4.69, 9.17) is 0 Å². The average Bonchev–Trinajstić information content (AvgIpc) is 2.53.